The minimum Gasteiger partial charge on any atom is -0.335 e. The van der Waals surface area contributed by atoms with E-state index in [4.69, 9.17) is 0 Å². The van der Waals surface area contributed by atoms with Crippen molar-refractivity contribution in [2.24, 2.45) is 7.05 Å². The molecule has 0 aliphatic carbocycles. The number of carbonyl (C=O) groups excluding carboxylic acids is 2. The number of amides is 2. The number of hydrogen-bond acceptors (Lipinski definition) is 4. The molecule has 8 heteroatoms. The molecule has 7 nitrogen and oxygen atoms in total. The molecular weight excluding hydrogens is 339 g/mol. The van der Waals surface area contributed by atoms with Crippen molar-refractivity contribution in [1.29, 1.82) is 0 Å². The molecule has 136 valence electrons. The first-order chi connectivity index (χ1) is 12.4. The molecule has 0 bridgehead atoms. The Morgan fingerprint density at radius 1 is 1.04 bits per heavy atom. The third-order valence-electron chi connectivity index (χ3n) is 4.47. The van der Waals surface area contributed by atoms with Crippen LogP contribution in [0.4, 0.5) is 4.39 Å². The lowest BCUT2D eigenvalue weighted by molar-refractivity contribution is 0.0532. The molecular formula is C18H19FN4O3. The molecule has 2 aromatic rings. The van der Waals surface area contributed by atoms with Gasteiger partial charge in [0.15, 0.2) is 0 Å². The van der Waals surface area contributed by atoms with Gasteiger partial charge in [0.05, 0.1) is 6.33 Å². The van der Waals surface area contributed by atoms with E-state index in [0.29, 0.717) is 37.3 Å². The van der Waals surface area contributed by atoms with Crippen molar-refractivity contribution < 1.29 is 14.0 Å². The molecule has 1 aliphatic rings. The number of hydrogen-bond donors (Lipinski definition) is 0. The van der Waals surface area contributed by atoms with Gasteiger partial charge in [-0.3, -0.25) is 14.4 Å². The second-order valence-corrected chi connectivity index (χ2v) is 6.27. The summed E-state index contributed by atoms with van der Waals surface area (Å²) in [6.45, 7) is 2.97. The quantitative estimate of drug-likeness (QED) is 0.797. The Bertz CT molecular complexity index is 917. The van der Waals surface area contributed by atoms with Crippen LogP contribution >= 0.6 is 0 Å². The van der Waals surface area contributed by atoms with Crippen molar-refractivity contribution in [3.05, 3.63) is 63.6 Å². The van der Waals surface area contributed by atoms with E-state index in [1.165, 1.54) is 23.0 Å². The molecule has 2 heterocycles. The summed E-state index contributed by atoms with van der Waals surface area (Å²) in [5, 5.41) is 0. The molecule has 0 N–H and O–H groups in total. The predicted octanol–water partition coefficient (Wildman–Crippen LogP) is 0.826. The lowest BCUT2D eigenvalue weighted by atomic mass is 10.1. The van der Waals surface area contributed by atoms with Gasteiger partial charge in [-0.2, -0.15) is 0 Å². The third-order valence-corrected chi connectivity index (χ3v) is 4.47. The van der Waals surface area contributed by atoms with E-state index in [2.05, 4.69) is 4.98 Å². The van der Waals surface area contributed by atoms with Gasteiger partial charge in [0.2, 0.25) is 0 Å². The molecule has 0 radical (unpaired) electrons. The Balaban J connectivity index is 1.65. The van der Waals surface area contributed by atoms with Crippen molar-refractivity contribution in [3.8, 4) is 0 Å². The lowest BCUT2D eigenvalue weighted by Gasteiger charge is -2.34. The molecule has 1 fully saturated rings. The number of benzene rings is 1. The van der Waals surface area contributed by atoms with Crippen molar-refractivity contribution in [1.82, 2.24) is 19.4 Å². The topological polar surface area (TPSA) is 75.5 Å². The van der Waals surface area contributed by atoms with Crippen LogP contribution in [0, 0.1) is 12.7 Å². The summed E-state index contributed by atoms with van der Waals surface area (Å²) >= 11 is 0. The summed E-state index contributed by atoms with van der Waals surface area (Å²) < 4.78 is 15.0. The maximum atomic E-state index is 13.7. The highest BCUT2D eigenvalue weighted by molar-refractivity contribution is 5.95. The van der Waals surface area contributed by atoms with Gasteiger partial charge in [-0.25, -0.2) is 9.37 Å². The van der Waals surface area contributed by atoms with Crippen molar-refractivity contribution in [3.63, 3.8) is 0 Å². The van der Waals surface area contributed by atoms with Gasteiger partial charge in [-0.05, 0) is 24.6 Å². The monoisotopic (exact) mass is 358 g/mol. The van der Waals surface area contributed by atoms with Crippen molar-refractivity contribution in [2.75, 3.05) is 26.2 Å². The molecule has 1 aromatic carbocycles. The van der Waals surface area contributed by atoms with Crippen LogP contribution in [-0.4, -0.2) is 57.3 Å². The number of nitrogens with zero attached hydrogens (tertiary/aromatic N) is 4. The minimum atomic E-state index is -0.415. The zero-order valence-electron chi connectivity index (χ0n) is 14.6. The summed E-state index contributed by atoms with van der Waals surface area (Å²) in [6.07, 6.45) is 1.31. The van der Waals surface area contributed by atoms with E-state index in [1.54, 1.807) is 35.9 Å². The summed E-state index contributed by atoms with van der Waals surface area (Å²) in [7, 11) is 1.56. The van der Waals surface area contributed by atoms with Crippen molar-refractivity contribution >= 4 is 11.8 Å². The normalized spacial score (nSPS) is 14.4. The van der Waals surface area contributed by atoms with Gasteiger partial charge in [0.25, 0.3) is 17.4 Å². The smallest absolute Gasteiger partial charge is 0.272 e. The van der Waals surface area contributed by atoms with Crippen LogP contribution in [0.25, 0.3) is 0 Å². The first-order valence-corrected chi connectivity index (χ1v) is 8.24. The second kappa shape index (κ2) is 7.07. The highest BCUT2D eigenvalue weighted by Crippen LogP contribution is 2.14. The third kappa shape index (κ3) is 3.49. The molecule has 1 saturated heterocycles. The first kappa shape index (κ1) is 17.8. The molecule has 2 amide bonds. The van der Waals surface area contributed by atoms with Crippen molar-refractivity contribution in [2.45, 2.75) is 6.92 Å². The Morgan fingerprint density at radius 2 is 1.65 bits per heavy atom. The van der Waals surface area contributed by atoms with E-state index in [0.717, 1.165) is 0 Å². The molecule has 0 saturated carbocycles. The minimum absolute atomic E-state index is 0.0912. The van der Waals surface area contributed by atoms with E-state index in [9.17, 15) is 18.8 Å². The SMILES string of the molecule is Cc1ccc(C(=O)N2CCN(C(=O)c3cc(=O)n(C)cn3)CC2)cc1F. The molecule has 26 heavy (non-hydrogen) atoms. The van der Waals surface area contributed by atoms with E-state index < -0.39 is 5.82 Å². The number of carbonyl (C=O) groups is 2. The zero-order valence-corrected chi connectivity index (χ0v) is 14.6. The fourth-order valence-corrected chi connectivity index (χ4v) is 2.76. The van der Waals surface area contributed by atoms with Gasteiger partial charge >= 0.3 is 0 Å². The van der Waals surface area contributed by atoms with Gasteiger partial charge < -0.3 is 14.4 Å². The number of aromatic nitrogens is 2. The Labute approximate surface area is 149 Å². The predicted molar refractivity (Wildman–Crippen MR) is 92.4 cm³/mol. The van der Waals surface area contributed by atoms with Crippen LogP contribution in [0.3, 0.4) is 0 Å². The molecule has 0 spiro atoms. The Kier molecular flexibility index (Phi) is 4.83. The van der Waals surface area contributed by atoms with Crippen LogP contribution in [0.1, 0.15) is 26.4 Å². The number of piperazine rings is 1. The van der Waals surface area contributed by atoms with Crippen LogP contribution in [-0.2, 0) is 7.05 Å². The molecule has 0 atom stereocenters. The number of halogens is 1. The molecule has 3 rings (SSSR count). The summed E-state index contributed by atoms with van der Waals surface area (Å²) in [6, 6.07) is 5.61. The standard InChI is InChI=1S/C18H19FN4O3/c1-12-3-4-13(9-14(12)19)17(25)22-5-7-23(8-6-22)18(26)15-10-16(24)21(2)11-20-15/h3-4,9-11H,5-8H2,1-2H3. The first-order valence-electron chi connectivity index (χ1n) is 8.24. The highest BCUT2D eigenvalue weighted by atomic mass is 19.1. The second-order valence-electron chi connectivity index (χ2n) is 6.27. The Hall–Kier alpha value is -3.03. The van der Waals surface area contributed by atoms with E-state index in [1.807, 2.05) is 0 Å². The summed E-state index contributed by atoms with van der Waals surface area (Å²) in [5.41, 5.74) is 0.562. The summed E-state index contributed by atoms with van der Waals surface area (Å²) in [4.78, 5) is 43.7. The van der Waals surface area contributed by atoms with Crippen LogP contribution in [0.15, 0.2) is 35.4 Å². The van der Waals surface area contributed by atoms with Crippen LogP contribution in [0.5, 0.6) is 0 Å². The largest absolute Gasteiger partial charge is 0.335 e. The van der Waals surface area contributed by atoms with Gasteiger partial charge in [0, 0.05) is 44.9 Å². The van der Waals surface area contributed by atoms with Crippen LogP contribution < -0.4 is 5.56 Å². The fourth-order valence-electron chi connectivity index (χ4n) is 2.76. The van der Waals surface area contributed by atoms with Gasteiger partial charge in [0.1, 0.15) is 11.5 Å². The average Bonchev–Trinajstić information content (AvgIpc) is 2.65. The van der Waals surface area contributed by atoms with Gasteiger partial charge in [-0.15, -0.1) is 0 Å². The number of rotatable bonds is 2. The summed E-state index contributed by atoms with van der Waals surface area (Å²) in [5.74, 6) is -1.01. The molecule has 0 unspecified atom stereocenters. The molecule has 1 aliphatic heterocycles. The van der Waals surface area contributed by atoms with Gasteiger partial charge in [-0.1, -0.05) is 6.07 Å². The van der Waals surface area contributed by atoms with E-state index >= 15 is 0 Å². The lowest BCUT2D eigenvalue weighted by Crippen LogP contribution is -2.50. The maximum Gasteiger partial charge on any atom is 0.272 e. The fraction of sp³-hybridized carbons (Fsp3) is 0.333. The highest BCUT2D eigenvalue weighted by Gasteiger charge is 2.26. The average molecular weight is 358 g/mol. The molecule has 1 aromatic heterocycles. The van der Waals surface area contributed by atoms with Crippen LogP contribution in [0.2, 0.25) is 0 Å². The van der Waals surface area contributed by atoms with E-state index in [-0.39, 0.29) is 23.1 Å². The Morgan fingerprint density at radius 3 is 2.23 bits per heavy atom. The zero-order chi connectivity index (χ0) is 18.8. The number of aryl methyl sites for hydroxylation is 2. The maximum absolute atomic E-state index is 13.7.